The molecule has 1 aromatic carbocycles. The first-order valence-corrected chi connectivity index (χ1v) is 12.0. The van der Waals surface area contributed by atoms with Gasteiger partial charge in [0.1, 0.15) is 6.07 Å². The van der Waals surface area contributed by atoms with E-state index < -0.39 is 0 Å². The summed E-state index contributed by atoms with van der Waals surface area (Å²) in [5.41, 5.74) is 0.806. The molecule has 1 heterocycles. The number of nitrogens with zero attached hydrogens (tertiary/aromatic N) is 5. The summed E-state index contributed by atoms with van der Waals surface area (Å²) in [6.45, 7) is 2.16. The van der Waals surface area contributed by atoms with Crippen molar-refractivity contribution in [3.8, 4) is 6.07 Å². The van der Waals surface area contributed by atoms with E-state index in [0.29, 0.717) is 22.3 Å². The van der Waals surface area contributed by atoms with Gasteiger partial charge in [-0.25, -0.2) is 0 Å². The molecule has 0 bridgehead atoms. The molecule has 0 unspecified atom stereocenters. The summed E-state index contributed by atoms with van der Waals surface area (Å²) in [4.78, 5) is 14.8. The predicted octanol–water partition coefficient (Wildman–Crippen LogP) is 5.05. The SMILES string of the molecule is CC[C@@H](c1nnc(SCC(=O)Nc2cc(Cl)ccc2C#N)n1C1CCCCC1)N(C)C. The largest absolute Gasteiger partial charge is 0.324 e. The highest BCUT2D eigenvalue weighted by Gasteiger charge is 2.28. The Bertz CT molecular complexity index is 948. The number of carbonyl (C=O) groups is 1. The van der Waals surface area contributed by atoms with Crippen LogP contribution in [0.15, 0.2) is 23.4 Å². The molecule has 1 N–H and O–H groups in total. The van der Waals surface area contributed by atoms with Crippen LogP contribution in [0.3, 0.4) is 0 Å². The molecule has 1 saturated carbocycles. The third-order valence-corrected chi connectivity index (χ3v) is 6.83. The second-order valence-electron chi connectivity index (χ2n) is 8.03. The van der Waals surface area contributed by atoms with Gasteiger partial charge in [-0.1, -0.05) is 49.5 Å². The van der Waals surface area contributed by atoms with Gasteiger partial charge < -0.3 is 9.88 Å². The lowest BCUT2D eigenvalue weighted by Gasteiger charge is -2.29. The Hall–Kier alpha value is -2.08. The quantitative estimate of drug-likeness (QED) is 0.554. The molecule has 1 amide bonds. The molecule has 1 atom stereocenters. The first-order chi connectivity index (χ1) is 14.9. The van der Waals surface area contributed by atoms with Crippen molar-refractivity contribution in [3.05, 3.63) is 34.6 Å². The number of nitrogens with one attached hydrogen (secondary N) is 1. The maximum atomic E-state index is 12.6. The van der Waals surface area contributed by atoms with Gasteiger partial charge in [-0.2, -0.15) is 5.26 Å². The number of hydrogen-bond acceptors (Lipinski definition) is 6. The number of aromatic nitrogens is 3. The summed E-state index contributed by atoms with van der Waals surface area (Å²) in [6, 6.07) is 7.45. The number of nitriles is 1. The van der Waals surface area contributed by atoms with E-state index in [-0.39, 0.29) is 17.7 Å². The van der Waals surface area contributed by atoms with Crippen LogP contribution in [0, 0.1) is 11.3 Å². The van der Waals surface area contributed by atoms with Crippen LogP contribution in [0.1, 0.15) is 68.9 Å². The van der Waals surface area contributed by atoms with Gasteiger partial charge in [0.05, 0.1) is 23.0 Å². The number of benzene rings is 1. The summed E-state index contributed by atoms with van der Waals surface area (Å²) in [7, 11) is 4.12. The summed E-state index contributed by atoms with van der Waals surface area (Å²) < 4.78 is 2.27. The van der Waals surface area contributed by atoms with Crippen molar-refractivity contribution in [2.24, 2.45) is 0 Å². The molecular formula is C22H29ClN6OS. The predicted molar refractivity (Wildman–Crippen MR) is 124 cm³/mol. The molecule has 1 aromatic heterocycles. The number of hydrogen-bond donors (Lipinski definition) is 1. The number of carbonyl (C=O) groups excluding carboxylic acids is 1. The van der Waals surface area contributed by atoms with Crippen LogP contribution < -0.4 is 5.32 Å². The zero-order valence-corrected chi connectivity index (χ0v) is 19.8. The fourth-order valence-corrected chi connectivity index (χ4v) is 5.09. The number of thioether (sulfide) groups is 1. The molecule has 0 aliphatic heterocycles. The summed E-state index contributed by atoms with van der Waals surface area (Å²) in [5.74, 6) is 0.952. The molecular weight excluding hydrogens is 432 g/mol. The van der Waals surface area contributed by atoms with Gasteiger partial charge >= 0.3 is 0 Å². The second-order valence-corrected chi connectivity index (χ2v) is 9.41. The monoisotopic (exact) mass is 460 g/mol. The molecule has 166 valence electrons. The summed E-state index contributed by atoms with van der Waals surface area (Å²) >= 11 is 7.41. The molecule has 0 spiro atoms. The minimum Gasteiger partial charge on any atom is -0.324 e. The van der Waals surface area contributed by atoms with Crippen LogP contribution in [-0.2, 0) is 4.79 Å². The van der Waals surface area contributed by atoms with E-state index in [4.69, 9.17) is 11.6 Å². The van der Waals surface area contributed by atoms with E-state index in [1.54, 1.807) is 18.2 Å². The first kappa shape index (κ1) is 23.6. The van der Waals surface area contributed by atoms with Crippen LogP contribution in [-0.4, -0.2) is 45.4 Å². The second kappa shape index (κ2) is 11.0. The van der Waals surface area contributed by atoms with Gasteiger partial charge in [-0.05, 0) is 51.6 Å². The van der Waals surface area contributed by atoms with Crippen molar-refractivity contribution < 1.29 is 4.79 Å². The standard InChI is InChI=1S/C22H29ClN6OS/c1-4-19(28(2)3)21-26-27-22(29(21)17-8-6-5-7-9-17)31-14-20(30)25-18-12-16(23)11-10-15(18)13-24/h10-12,17,19H,4-9,14H2,1-3H3,(H,25,30)/t19-/m0/s1. The van der Waals surface area contributed by atoms with E-state index in [0.717, 1.165) is 30.2 Å². The van der Waals surface area contributed by atoms with Gasteiger partial charge in [0.2, 0.25) is 5.91 Å². The summed E-state index contributed by atoms with van der Waals surface area (Å²) in [5, 5.41) is 22.3. The smallest absolute Gasteiger partial charge is 0.234 e. The average Bonchev–Trinajstić information content (AvgIpc) is 3.17. The highest BCUT2D eigenvalue weighted by Crippen LogP contribution is 2.35. The van der Waals surface area contributed by atoms with E-state index in [1.165, 1.54) is 31.0 Å². The maximum Gasteiger partial charge on any atom is 0.234 e. The van der Waals surface area contributed by atoms with Crippen molar-refractivity contribution in [3.63, 3.8) is 0 Å². The van der Waals surface area contributed by atoms with Crippen LogP contribution in [0.25, 0.3) is 0 Å². The van der Waals surface area contributed by atoms with Crippen molar-refractivity contribution in [2.45, 2.75) is 62.7 Å². The Morgan fingerprint density at radius 2 is 2.10 bits per heavy atom. The first-order valence-electron chi connectivity index (χ1n) is 10.7. The minimum absolute atomic E-state index is 0.182. The third-order valence-electron chi connectivity index (χ3n) is 5.65. The average molecular weight is 461 g/mol. The number of anilines is 1. The molecule has 31 heavy (non-hydrogen) atoms. The van der Waals surface area contributed by atoms with E-state index in [1.807, 2.05) is 0 Å². The Morgan fingerprint density at radius 3 is 2.74 bits per heavy atom. The molecule has 7 nitrogen and oxygen atoms in total. The lowest BCUT2D eigenvalue weighted by atomic mass is 9.95. The Labute approximate surface area is 193 Å². The fourth-order valence-electron chi connectivity index (χ4n) is 4.11. The summed E-state index contributed by atoms with van der Waals surface area (Å²) in [6.07, 6.45) is 6.85. The highest BCUT2D eigenvalue weighted by atomic mass is 35.5. The van der Waals surface area contributed by atoms with Crippen LogP contribution in [0.4, 0.5) is 5.69 Å². The fraction of sp³-hybridized carbons (Fsp3) is 0.545. The van der Waals surface area contributed by atoms with Gasteiger partial charge in [0.25, 0.3) is 0 Å². The van der Waals surface area contributed by atoms with Gasteiger partial charge in [-0.3, -0.25) is 9.69 Å². The van der Waals surface area contributed by atoms with Gasteiger partial charge in [-0.15, -0.1) is 10.2 Å². The number of halogens is 1. The van der Waals surface area contributed by atoms with E-state index >= 15 is 0 Å². The van der Waals surface area contributed by atoms with Crippen LogP contribution in [0.2, 0.25) is 5.02 Å². The Kier molecular flexibility index (Phi) is 8.35. The van der Waals surface area contributed by atoms with Crippen molar-refractivity contribution in [1.82, 2.24) is 19.7 Å². The molecule has 1 aliphatic rings. The molecule has 1 fully saturated rings. The van der Waals surface area contributed by atoms with Crippen LogP contribution >= 0.6 is 23.4 Å². The van der Waals surface area contributed by atoms with E-state index in [2.05, 4.69) is 52.1 Å². The Morgan fingerprint density at radius 1 is 1.35 bits per heavy atom. The normalized spacial score (nSPS) is 15.6. The molecule has 3 rings (SSSR count). The van der Waals surface area contributed by atoms with Crippen molar-refractivity contribution in [2.75, 3.05) is 25.2 Å². The zero-order chi connectivity index (χ0) is 22.4. The lowest BCUT2D eigenvalue weighted by molar-refractivity contribution is -0.113. The number of rotatable bonds is 8. The van der Waals surface area contributed by atoms with Gasteiger partial charge in [0.15, 0.2) is 11.0 Å². The molecule has 0 radical (unpaired) electrons. The van der Waals surface area contributed by atoms with Crippen molar-refractivity contribution >= 4 is 35.0 Å². The molecule has 9 heteroatoms. The molecule has 2 aromatic rings. The minimum atomic E-state index is -0.205. The van der Waals surface area contributed by atoms with E-state index in [9.17, 15) is 10.1 Å². The molecule has 1 aliphatic carbocycles. The zero-order valence-electron chi connectivity index (χ0n) is 18.3. The topological polar surface area (TPSA) is 86.8 Å². The molecule has 0 saturated heterocycles. The maximum absolute atomic E-state index is 12.6. The van der Waals surface area contributed by atoms with Crippen molar-refractivity contribution in [1.29, 1.82) is 5.26 Å². The Balaban J connectivity index is 1.78. The van der Waals surface area contributed by atoms with Gasteiger partial charge in [0, 0.05) is 11.1 Å². The highest BCUT2D eigenvalue weighted by molar-refractivity contribution is 7.99. The van der Waals surface area contributed by atoms with Crippen LogP contribution in [0.5, 0.6) is 0 Å². The number of amides is 1. The lowest BCUT2D eigenvalue weighted by Crippen LogP contribution is -2.26. The third kappa shape index (κ3) is 5.79.